The Labute approximate surface area is 136 Å². The molecule has 1 aliphatic rings. The largest absolute Gasteiger partial charge is 0.360 e. The minimum atomic E-state index is -2.72. The molecule has 9 heteroatoms. The van der Waals surface area contributed by atoms with Crippen LogP contribution in [0.2, 0.25) is 0 Å². The maximum absolute atomic E-state index is 12.9. The highest BCUT2D eigenvalue weighted by molar-refractivity contribution is 5.45. The lowest BCUT2D eigenvalue weighted by Crippen LogP contribution is -2.13. The number of aromatic nitrogens is 6. The Morgan fingerprint density at radius 2 is 2.04 bits per heavy atom. The van der Waals surface area contributed by atoms with Crippen molar-refractivity contribution in [2.75, 3.05) is 5.32 Å². The molecule has 0 amide bonds. The van der Waals surface area contributed by atoms with Gasteiger partial charge in [-0.15, -0.1) is 15.3 Å². The second-order valence-electron chi connectivity index (χ2n) is 5.95. The fourth-order valence-corrected chi connectivity index (χ4v) is 2.97. The summed E-state index contributed by atoms with van der Waals surface area (Å²) in [7, 11) is 0. The molecule has 24 heavy (non-hydrogen) atoms. The van der Waals surface area contributed by atoms with Gasteiger partial charge in [-0.3, -0.25) is 4.68 Å². The van der Waals surface area contributed by atoms with E-state index in [1.807, 2.05) is 11.6 Å². The molecule has 0 aromatic carbocycles. The molecule has 1 atom stereocenters. The van der Waals surface area contributed by atoms with Crippen molar-refractivity contribution in [3.8, 4) is 0 Å². The van der Waals surface area contributed by atoms with E-state index in [9.17, 15) is 8.78 Å². The summed E-state index contributed by atoms with van der Waals surface area (Å²) in [5.41, 5.74) is 2.46. The molecule has 1 unspecified atom stereocenters. The molecule has 0 saturated heterocycles. The Balaban J connectivity index is 1.59. The van der Waals surface area contributed by atoms with Crippen molar-refractivity contribution in [1.82, 2.24) is 29.6 Å². The van der Waals surface area contributed by atoms with E-state index in [4.69, 9.17) is 0 Å². The number of anilines is 1. The van der Waals surface area contributed by atoms with Crippen LogP contribution in [0.5, 0.6) is 0 Å². The van der Waals surface area contributed by atoms with E-state index in [1.54, 1.807) is 12.1 Å². The molecule has 3 aromatic rings. The lowest BCUT2D eigenvalue weighted by Gasteiger charge is -2.13. The van der Waals surface area contributed by atoms with Crippen LogP contribution in [-0.4, -0.2) is 29.6 Å². The summed E-state index contributed by atoms with van der Waals surface area (Å²) in [5.74, 6) is 0.0152. The quantitative estimate of drug-likeness (QED) is 0.795. The number of rotatable bonds is 4. The number of aryl methyl sites for hydroxylation is 2. The Morgan fingerprint density at radius 1 is 1.17 bits per heavy atom. The zero-order valence-electron chi connectivity index (χ0n) is 13.2. The molecule has 1 aliphatic heterocycles. The van der Waals surface area contributed by atoms with E-state index < -0.39 is 12.2 Å². The van der Waals surface area contributed by atoms with Crippen LogP contribution in [-0.2, 0) is 13.0 Å². The molecule has 0 saturated carbocycles. The first-order valence-electron chi connectivity index (χ1n) is 7.95. The van der Waals surface area contributed by atoms with Crippen LogP contribution in [0.1, 0.15) is 49.4 Å². The zero-order valence-corrected chi connectivity index (χ0v) is 13.2. The third-order valence-electron chi connectivity index (χ3n) is 4.23. The molecule has 4 rings (SSSR count). The van der Waals surface area contributed by atoms with E-state index in [0.717, 1.165) is 29.6 Å². The van der Waals surface area contributed by atoms with Gasteiger partial charge in [0, 0.05) is 12.2 Å². The van der Waals surface area contributed by atoms with E-state index in [-0.39, 0.29) is 6.04 Å². The van der Waals surface area contributed by atoms with Crippen LogP contribution in [0, 0.1) is 0 Å². The van der Waals surface area contributed by atoms with Gasteiger partial charge in [0.05, 0.1) is 11.7 Å². The topological polar surface area (TPSA) is 72.9 Å². The number of fused-ring (bicyclic) bond motifs is 2. The van der Waals surface area contributed by atoms with Gasteiger partial charge in [-0.1, -0.05) is 0 Å². The maximum atomic E-state index is 12.9. The van der Waals surface area contributed by atoms with Crippen molar-refractivity contribution in [2.45, 2.75) is 45.2 Å². The summed E-state index contributed by atoms with van der Waals surface area (Å²) < 4.78 is 29.0. The number of alkyl halides is 2. The highest BCUT2D eigenvalue weighted by Crippen LogP contribution is 2.22. The first-order valence-corrected chi connectivity index (χ1v) is 7.95. The van der Waals surface area contributed by atoms with Gasteiger partial charge in [-0.25, -0.2) is 8.78 Å². The Morgan fingerprint density at radius 3 is 2.83 bits per heavy atom. The average molecular weight is 333 g/mol. The number of nitrogens with zero attached hydrogens (tertiary/aromatic N) is 6. The number of nitrogens with one attached hydrogen (secondary N) is 1. The van der Waals surface area contributed by atoms with Gasteiger partial charge in [0.1, 0.15) is 5.82 Å². The monoisotopic (exact) mass is 333 g/mol. The predicted octanol–water partition coefficient (Wildman–Crippen LogP) is 2.77. The van der Waals surface area contributed by atoms with Crippen LogP contribution in [0.25, 0.3) is 5.65 Å². The van der Waals surface area contributed by atoms with E-state index in [1.165, 1.54) is 12.1 Å². The molecular formula is C15H17F2N7. The summed E-state index contributed by atoms with van der Waals surface area (Å²) in [6, 6.07) is 5.32. The van der Waals surface area contributed by atoms with Gasteiger partial charge in [0.15, 0.2) is 5.65 Å². The molecule has 126 valence electrons. The molecular weight excluding hydrogens is 316 g/mol. The summed E-state index contributed by atoms with van der Waals surface area (Å²) >= 11 is 0. The van der Waals surface area contributed by atoms with Crippen molar-refractivity contribution in [3.05, 3.63) is 35.4 Å². The Kier molecular flexibility index (Phi) is 3.62. The fourth-order valence-electron chi connectivity index (χ4n) is 2.97. The van der Waals surface area contributed by atoms with Crippen LogP contribution in [0.3, 0.4) is 0 Å². The van der Waals surface area contributed by atoms with Crippen molar-refractivity contribution in [3.63, 3.8) is 0 Å². The summed E-state index contributed by atoms with van der Waals surface area (Å²) in [6.45, 7) is 2.92. The van der Waals surface area contributed by atoms with Gasteiger partial charge in [-0.2, -0.15) is 9.61 Å². The standard InChI is InChI=1S/C15H17F2N7/c1-9(11-8-10-4-2-3-7-23(10)21-11)18-12-5-6-13-19-20-15(14(16)17)24(13)22-12/h5-6,8-9,14H,2-4,7H2,1H3,(H,18,22). The third-order valence-corrected chi connectivity index (χ3v) is 4.23. The second-order valence-corrected chi connectivity index (χ2v) is 5.95. The van der Waals surface area contributed by atoms with Crippen LogP contribution in [0.15, 0.2) is 18.2 Å². The van der Waals surface area contributed by atoms with Crippen molar-refractivity contribution >= 4 is 11.5 Å². The maximum Gasteiger partial charge on any atom is 0.299 e. The van der Waals surface area contributed by atoms with Crippen molar-refractivity contribution < 1.29 is 8.78 Å². The first kappa shape index (κ1) is 15.0. The van der Waals surface area contributed by atoms with Gasteiger partial charge < -0.3 is 5.32 Å². The zero-order chi connectivity index (χ0) is 16.7. The fraction of sp³-hybridized carbons (Fsp3) is 0.467. The smallest absolute Gasteiger partial charge is 0.299 e. The van der Waals surface area contributed by atoms with E-state index in [0.29, 0.717) is 11.5 Å². The molecule has 0 fully saturated rings. The molecule has 0 bridgehead atoms. The average Bonchev–Trinajstić information content (AvgIpc) is 3.18. The molecule has 4 heterocycles. The molecule has 0 radical (unpaired) electrons. The SMILES string of the molecule is CC(Nc1ccc2nnc(C(F)F)n2n1)c1cc2n(n1)CCCC2. The molecule has 7 nitrogen and oxygen atoms in total. The third kappa shape index (κ3) is 2.59. The number of halogens is 2. The van der Waals surface area contributed by atoms with E-state index in [2.05, 4.69) is 31.8 Å². The predicted molar refractivity (Wildman–Crippen MR) is 82.9 cm³/mol. The minimum Gasteiger partial charge on any atom is -0.360 e. The number of hydrogen-bond donors (Lipinski definition) is 1. The normalized spacial score (nSPS) is 15.7. The lowest BCUT2D eigenvalue weighted by molar-refractivity contribution is 0.137. The Hall–Kier alpha value is -2.58. The Bertz CT molecular complexity index is 846. The van der Waals surface area contributed by atoms with Crippen LogP contribution < -0.4 is 5.32 Å². The first-order chi connectivity index (χ1) is 11.6. The molecule has 0 spiro atoms. The summed E-state index contributed by atoms with van der Waals surface area (Å²) in [4.78, 5) is 0. The molecule has 0 aliphatic carbocycles. The number of hydrogen-bond acceptors (Lipinski definition) is 5. The molecule has 3 aromatic heterocycles. The lowest BCUT2D eigenvalue weighted by atomic mass is 10.1. The van der Waals surface area contributed by atoms with Gasteiger partial charge in [0.25, 0.3) is 6.43 Å². The highest BCUT2D eigenvalue weighted by atomic mass is 19.3. The molecule has 1 N–H and O–H groups in total. The van der Waals surface area contributed by atoms with E-state index >= 15 is 0 Å². The summed E-state index contributed by atoms with van der Waals surface area (Å²) in [6.07, 6.45) is 0.663. The second kappa shape index (κ2) is 5.81. The van der Waals surface area contributed by atoms with Crippen molar-refractivity contribution in [2.24, 2.45) is 0 Å². The van der Waals surface area contributed by atoms with Crippen molar-refractivity contribution in [1.29, 1.82) is 0 Å². The van der Waals surface area contributed by atoms with Crippen LogP contribution in [0.4, 0.5) is 14.6 Å². The van der Waals surface area contributed by atoms with Gasteiger partial charge in [0.2, 0.25) is 5.82 Å². The summed E-state index contributed by atoms with van der Waals surface area (Å²) in [5, 5.41) is 19.2. The highest BCUT2D eigenvalue weighted by Gasteiger charge is 2.19. The van der Waals surface area contributed by atoms with Gasteiger partial charge in [-0.05, 0) is 44.4 Å². The van der Waals surface area contributed by atoms with Crippen LogP contribution >= 0.6 is 0 Å². The van der Waals surface area contributed by atoms with Gasteiger partial charge >= 0.3 is 0 Å². The minimum absolute atomic E-state index is 0.0838.